The molecule has 2 aromatic rings. The number of benzene rings is 1. The van der Waals surface area contributed by atoms with Crippen molar-refractivity contribution in [3.63, 3.8) is 0 Å². The van der Waals surface area contributed by atoms with Crippen LogP contribution in [0.1, 0.15) is 17.3 Å². The summed E-state index contributed by atoms with van der Waals surface area (Å²) in [6.45, 7) is 0. The molecule has 0 saturated carbocycles. The second-order valence-corrected chi connectivity index (χ2v) is 5.38. The summed E-state index contributed by atoms with van der Waals surface area (Å²) in [6, 6.07) is 5.83. The summed E-state index contributed by atoms with van der Waals surface area (Å²) in [5.74, 6) is 0.757. The van der Waals surface area contributed by atoms with Crippen molar-refractivity contribution >= 4 is 27.5 Å². The van der Waals surface area contributed by atoms with E-state index in [1.54, 1.807) is 13.3 Å². The van der Waals surface area contributed by atoms with Crippen molar-refractivity contribution in [3.8, 4) is 5.75 Å². The molecule has 1 aromatic heterocycles. The van der Waals surface area contributed by atoms with Gasteiger partial charge in [0.15, 0.2) is 5.75 Å². The van der Waals surface area contributed by atoms with Crippen LogP contribution in [-0.2, 0) is 7.05 Å². The van der Waals surface area contributed by atoms with Gasteiger partial charge in [-0.05, 0) is 40.7 Å². The zero-order valence-electron chi connectivity index (χ0n) is 10.9. The summed E-state index contributed by atoms with van der Waals surface area (Å²) >= 11 is 9.48. The third-order valence-corrected chi connectivity index (χ3v) is 4.22. The molecular formula is C13H15BrClN3O. The minimum Gasteiger partial charge on any atom is -0.493 e. The van der Waals surface area contributed by atoms with Gasteiger partial charge in [-0.25, -0.2) is 0 Å². The summed E-state index contributed by atoms with van der Waals surface area (Å²) in [7, 11) is 5.44. The van der Waals surface area contributed by atoms with E-state index in [9.17, 15) is 0 Å². The lowest BCUT2D eigenvalue weighted by Crippen LogP contribution is -2.21. The first kappa shape index (κ1) is 14.4. The van der Waals surface area contributed by atoms with Crippen molar-refractivity contribution in [3.05, 3.63) is 45.1 Å². The standard InChI is InChI=1S/C13H15BrClN3O/c1-16-12(8-4-5-10(15)9(14)6-8)13-11(19-3)7-17-18(13)2/h4-7,12,16H,1-3H3. The van der Waals surface area contributed by atoms with E-state index in [0.29, 0.717) is 5.02 Å². The zero-order valence-corrected chi connectivity index (χ0v) is 13.3. The molecule has 1 atom stereocenters. The van der Waals surface area contributed by atoms with Crippen molar-refractivity contribution < 1.29 is 4.74 Å². The predicted molar refractivity (Wildman–Crippen MR) is 79.8 cm³/mol. The van der Waals surface area contributed by atoms with Crippen LogP contribution in [0.5, 0.6) is 5.75 Å². The Bertz CT molecular complexity index is 585. The fraction of sp³-hybridized carbons (Fsp3) is 0.308. The van der Waals surface area contributed by atoms with Gasteiger partial charge < -0.3 is 10.1 Å². The van der Waals surface area contributed by atoms with E-state index in [0.717, 1.165) is 21.5 Å². The molecule has 2 rings (SSSR count). The lowest BCUT2D eigenvalue weighted by atomic mass is 10.0. The van der Waals surface area contributed by atoms with Crippen LogP contribution in [0.3, 0.4) is 0 Å². The zero-order chi connectivity index (χ0) is 14.0. The molecule has 19 heavy (non-hydrogen) atoms. The monoisotopic (exact) mass is 343 g/mol. The normalized spacial score (nSPS) is 12.5. The Labute approximate surface area is 125 Å². The highest BCUT2D eigenvalue weighted by Crippen LogP contribution is 2.32. The summed E-state index contributed by atoms with van der Waals surface area (Å²) < 4.78 is 8.04. The molecule has 1 unspecified atom stereocenters. The Hall–Kier alpha value is -1.04. The fourth-order valence-corrected chi connectivity index (χ4v) is 2.58. The summed E-state index contributed by atoms with van der Waals surface area (Å²) in [5.41, 5.74) is 2.06. The van der Waals surface area contributed by atoms with Crippen LogP contribution < -0.4 is 10.1 Å². The average Bonchev–Trinajstić information content (AvgIpc) is 2.76. The van der Waals surface area contributed by atoms with Crippen LogP contribution in [-0.4, -0.2) is 23.9 Å². The van der Waals surface area contributed by atoms with Gasteiger partial charge in [-0.3, -0.25) is 4.68 Å². The maximum Gasteiger partial charge on any atom is 0.161 e. The number of aromatic nitrogens is 2. The lowest BCUT2D eigenvalue weighted by Gasteiger charge is -2.19. The van der Waals surface area contributed by atoms with E-state index < -0.39 is 0 Å². The molecule has 0 bridgehead atoms. The molecule has 0 saturated heterocycles. The highest BCUT2D eigenvalue weighted by molar-refractivity contribution is 9.10. The van der Waals surface area contributed by atoms with E-state index in [1.165, 1.54) is 0 Å². The molecule has 0 aliphatic heterocycles. The molecular weight excluding hydrogens is 330 g/mol. The van der Waals surface area contributed by atoms with Crippen molar-refractivity contribution in [2.45, 2.75) is 6.04 Å². The van der Waals surface area contributed by atoms with E-state index in [4.69, 9.17) is 16.3 Å². The Morgan fingerprint density at radius 1 is 1.47 bits per heavy atom. The number of aryl methyl sites for hydroxylation is 1. The quantitative estimate of drug-likeness (QED) is 0.926. The molecule has 0 radical (unpaired) electrons. The van der Waals surface area contributed by atoms with Crippen LogP contribution in [0, 0.1) is 0 Å². The Kier molecular flexibility index (Phi) is 4.50. The van der Waals surface area contributed by atoms with Crippen LogP contribution in [0.15, 0.2) is 28.9 Å². The summed E-state index contributed by atoms with van der Waals surface area (Å²) in [5, 5.41) is 8.20. The number of hydrogen-bond acceptors (Lipinski definition) is 3. The van der Waals surface area contributed by atoms with Crippen LogP contribution in [0.4, 0.5) is 0 Å². The summed E-state index contributed by atoms with van der Waals surface area (Å²) in [6.07, 6.45) is 1.71. The molecule has 0 fully saturated rings. The van der Waals surface area contributed by atoms with Crippen LogP contribution >= 0.6 is 27.5 Å². The first-order chi connectivity index (χ1) is 9.08. The van der Waals surface area contributed by atoms with Gasteiger partial charge in [-0.1, -0.05) is 17.7 Å². The van der Waals surface area contributed by atoms with E-state index in [2.05, 4.69) is 26.3 Å². The Balaban J connectivity index is 2.49. The summed E-state index contributed by atoms with van der Waals surface area (Å²) in [4.78, 5) is 0. The predicted octanol–water partition coefficient (Wildman–Crippen LogP) is 3.15. The van der Waals surface area contributed by atoms with Gasteiger partial charge in [0.25, 0.3) is 0 Å². The highest BCUT2D eigenvalue weighted by atomic mass is 79.9. The van der Waals surface area contributed by atoms with Crippen molar-refractivity contribution in [2.75, 3.05) is 14.2 Å². The molecule has 1 N–H and O–H groups in total. The number of nitrogens with zero attached hydrogens (tertiary/aromatic N) is 2. The highest BCUT2D eigenvalue weighted by Gasteiger charge is 2.21. The minimum atomic E-state index is -0.0176. The molecule has 4 nitrogen and oxygen atoms in total. The largest absolute Gasteiger partial charge is 0.493 e. The number of ether oxygens (including phenoxy) is 1. The van der Waals surface area contributed by atoms with Gasteiger partial charge in [-0.2, -0.15) is 5.10 Å². The molecule has 102 valence electrons. The van der Waals surface area contributed by atoms with Gasteiger partial charge >= 0.3 is 0 Å². The topological polar surface area (TPSA) is 39.1 Å². The number of rotatable bonds is 4. The van der Waals surface area contributed by atoms with E-state index in [1.807, 2.05) is 37.0 Å². The van der Waals surface area contributed by atoms with Crippen LogP contribution in [0.25, 0.3) is 0 Å². The molecule has 0 amide bonds. The number of hydrogen-bond donors (Lipinski definition) is 1. The van der Waals surface area contributed by atoms with E-state index in [-0.39, 0.29) is 6.04 Å². The van der Waals surface area contributed by atoms with Gasteiger partial charge in [0.2, 0.25) is 0 Å². The average molecular weight is 345 g/mol. The number of nitrogens with one attached hydrogen (secondary N) is 1. The lowest BCUT2D eigenvalue weighted by molar-refractivity contribution is 0.402. The maximum absolute atomic E-state index is 6.03. The van der Waals surface area contributed by atoms with E-state index >= 15 is 0 Å². The Morgan fingerprint density at radius 3 is 2.79 bits per heavy atom. The SMILES string of the molecule is CNC(c1ccc(Cl)c(Br)c1)c1c(OC)cnn1C. The molecule has 0 spiro atoms. The third kappa shape index (κ3) is 2.78. The van der Waals surface area contributed by atoms with Gasteiger partial charge in [0.1, 0.15) is 5.69 Å². The first-order valence-corrected chi connectivity index (χ1v) is 6.93. The van der Waals surface area contributed by atoms with Crippen molar-refractivity contribution in [2.24, 2.45) is 7.05 Å². The fourth-order valence-electron chi connectivity index (χ4n) is 2.07. The van der Waals surface area contributed by atoms with Crippen molar-refractivity contribution in [1.29, 1.82) is 0 Å². The maximum atomic E-state index is 6.03. The molecule has 0 aliphatic rings. The first-order valence-electron chi connectivity index (χ1n) is 5.76. The number of methoxy groups -OCH3 is 1. The molecule has 6 heteroatoms. The minimum absolute atomic E-state index is 0.0176. The van der Waals surface area contributed by atoms with Crippen LogP contribution in [0.2, 0.25) is 5.02 Å². The number of halogens is 2. The van der Waals surface area contributed by atoms with Gasteiger partial charge in [0.05, 0.1) is 24.4 Å². The molecule has 0 aliphatic carbocycles. The second-order valence-electron chi connectivity index (χ2n) is 4.12. The third-order valence-electron chi connectivity index (χ3n) is 3.01. The van der Waals surface area contributed by atoms with Gasteiger partial charge in [-0.15, -0.1) is 0 Å². The molecule has 1 aromatic carbocycles. The molecule has 1 heterocycles. The van der Waals surface area contributed by atoms with Gasteiger partial charge in [0, 0.05) is 11.5 Å². The van der Waals surface area contributed by atoms with Crippen molar-refractivity contribution in [1.82, 2.24) is 15.1 Å². The second kappa shape index (κ2) is 5.94. The smallest absolute Gasteiger partial charge is 0.161 e. The Morgan fingerprint density at radius 2 is 2.21 bits per heavy atom.